The van der Waals surface area contributed by atoms with E-state index < -0.39 is 0 Å². The lowest BCUT2D eigenvalue weighted by Crippen LogP contribution is -2.46. The largest absolute Gasteiger partial charge is 0.396 e. The summed E-state index contributed by atoms with van der Waals surface area (Å²) in [4.78, 5) is 11.9. The first-order valence-corrected chi connectivity index (χ1v) is 6.53. The molecule has 0 aliphatic carbocycles. The number of rotatable bonds is 6. The minimum Gasteiger partial charge on any atom is -0.396 e. The number of halogens is 1. The summed E-state index contributed by atoms with van der Waals surface area (Å²) < 4.78 is 0. The Morgan fingerprint density at radius 1 is 1.50 bits per heavy atom. The lowest BCUT2D eigenvalue weighted by molar-refractivity contribution is -0.122. The number of carbonyl (C=O) groups is 1. The molecule has 18 heavy (non-hydrogen) atoms. The Morgan fingerprint density at radius 3 is 2.78 bits per heavy atom. The summed E-state index contributed by atoms with van der Waals surface area (Å²) in [5, 5.41) is 12.6. The van der Waals surface area contributed by atoms with Crippen LogP contribution in [0.3, 0.4) is 0 Å². The van der Waals surface area contributed by atoms with Crippen molar-refractivity contribution in [1.82, 2.24) is 5.32 Å². The number of amides is 1. The molecule has 0 fully saturated rings. The van der Waals surface area contributed by atoms with Crippen LogP contribution in [-0.4, -0.2) is 23.2 Å². The van der Waals surface area contributed by atoms with Gasteiger partial charge in [0.25, 0.3) is 0 Å². The van der Waals surface area contributed by atoms with Crippen LogP contribution in [0.2, 0.25) is 5.02 Å². The van der Waals surface area contributed by atoms with Crippen LogP contribution in [0, 0.1) is 0 Å². The highest BCUT2D eigenvalue weighted by atomic mass is 35.5. The van der Waals surface area contributed by atoms with Crippen LogP contribution < -0.4 is 5.32 Å². The lowest BCUT2D eigenvalue weighted by Gasteiger charge is -2.29. The fourth-order valence-electron chi connectivity index (χ4n) is 1.79. The van der Waals surface area contributed by atoms with Gasteiger partial charge in [0.2, 0.25) is 5.91 Å². The van der Waals surface area contributed by atoms with E-state index in [1.54, 1.807) is 12.1 Å². The van der Waals surface area contributed by atoms with Gasteiger partial charge in [-0.05, 0) is 37.5 Å². The summed E-state index contributed by atoms with van der Waals surface area (Å²) >= 11 is 5.87. The van der Waals surface area contributed by atoms with E-state index in [-0.39, 0.29) is 18.1 Å². The van der Waals surface area contributed by atoms with E-state index in [2.05, 4.69) is 5.32 Å². The Kier molecular flexibility index (Phi) is 5.63. The van der Waals surface area contributed by atoms with Crippen molar-refractivity contribution < 1.29 is 9.90 Å². The molecule has 1 unspecified atom stereocenters. The number of hydrogen-bond donors (Lipinski definition) is 2. The molecule has 0 heterocycles. The predicted molar refractivity (Wildman–Crippen MR) is 73.7 cm³/mol. The van der Waals surface area contributed by atoms with Crippen molar-refractivity contribution >= 4 is 17.5 Å². The van der Waals surface area contributed by atoms with Crippen molar-refractivity contribution in [2.75, 3.05) is 6.61 Å². The Bertz CT molecular complexity index is 409. The van der Waals surface area contributed by atoms with Crippen molar-refractivity contribution in [2.24, 2.45) is 0 Å². The molecule has 1 atom stereocenters. The van der Waals surface area contributed by atoms with E-state index in [1.807, 2.05) is 26.0 Å². The summed E-state index contributed by atoms with van der Waals surface area (Å²) in [7, 11) is 0. The summed E-state index contributed by atoms with van der Waals surface area (Å²) in [5.41, 5.74) is 0.548. The molecule has 1 rings (SSSR count). The summed E-state index contributed by atoms with van der Waals surface area (Å²) in [6, 6.07) is 7.28. The number of carbonyl (C=O) groups excluding carboxylic acids is 1. The number of aliphatic hydroxyl groups is 1. The Labute approximate surface area is 113 Å². The first kappa shape index (κ1) is 15.0. The average Bonchev–Trinajstić information content (AvgIpc) is 2.29. The average molecular weight is 270 g/mol. The van der Waals surface area contributed by atoms with Crippen molar-refractivity contribution in [3.8, 4) is 0 Å². The number of nitrogens with one attached hydrogen (secondary N) is 1. The third-order valence-corrected chi connectivity index (χ3v) is 3.37. The highest BCUT2D eigenvalue weighted by Gasteiger charge is 2.23. The van der Waals surface area contributed by atoms with Gasteiger partial charge in [0.15, 0.2) is 0 Å². The standard InChI is InChI=1S/C14H20ClNO2/c1-3-14(2,7-8-17)16-13(18)10-11-5-4-6-12(15)9-11/h4-6,9,17H,3,7-8,10H2,1-2H3,(H,16,18). The molecule has 2 N–H and O–H groups in total. The molecule has 0 aromatic heterocycles. The predicted octanol–water partition coefficient (Wildman–Crippen LogP) is 2.55. The maximum atomic E-state index is 11.9. The van der Waals surface area contributed by atoms with Gasteiger partial charge in [-0.25, -0.2) is 0 Å². The molecule has 0 radical (unpaired) electrons. The Morgan fingerprint density at radius 2 is 2.22 bits per heavy atom. The second kappa shape index (κ2) is 6.76. The van der Waals surface area contributed by atoms with Gasteiger partial charge < -0.3 is 10.4 Å². The van der Waals surface area contributed by atoms with E-state index in [4.69, 9.17) is 16.7 Å². The Balaban J connectivity index is 2.61. The Hall–Kier alpha value is -1.06. The van der Waals surface area contributed by atoms with Crippen molar-refractivity contribution in [2.45, 2.75) is 38.6 Å². The van der Waals surface area contributed by atoms with Crippen molar-refractivity contribution in [3.63, 3.8) is 0 Å². The molecular weight excluding hydrogens is 250 g/mol. The fraction of sp³-hybridized carbons (Fsp3) is 0.500. The van der Waals surface area contributed by atoms with E-state index in [0.717, 1.165) is 12.0 Å². The number of aliphatic hydroxyl groups excluding tert-OH is 1. The first-order chi connectivity index (χ1) is 8.49. The minimum atomic E-state index is -0.343. The maximum Gasteiger partial charge on any atom is 0.224 e. The van der Waals surface area contributed by atoms with Gasteiger partial charge in [0.05, 0.1) is 6.42 Å². The first-order valence-electron chi connectivity index (χ1n) is 6.15. The maximum absolute atomic E-state index is 11.9. The zero-order valence-electron chi connectivity index (χ0n) is 10.9. The summed E-state index contributed by atoms with van der Waals surface area (Å²) in [6.07, 6.45) is 1.65. The van der Waals surface area contributed by atoms with E-state index in [9.17, 15) is 4.79 Å². The molecule has 0 saturated heterocycles. The number of benzene rings is 1. The van der Waals surface area contributed by atoms with Crippen molar-refractivity contribution in [1.29, 1.82) is 0 Å². The van der Waals surface area contributed by atoms with E-state index >= 15 is 0 Å². The normalized spacial score (nSPS) is 14.0. The van der Waals surface area contributed by atoms with Crippen LogP contribution in [0.25, 0.3) is 0 Å². The van der Waals surface area contributed by atoms with Crippen LogP contribution in [-0.2, 0) is 11.2 Å². The molecule has 1 aromatic rings. The molecule has 4 heteroatoms. The topological polar surface area (TPSA) is 49.3 Å². The molecule has 0 aliphatic rings. The molecule has 0 spiro atoms. The molecule has 1 amide bonds. The van der Waals surface area contributed by atoms with E-state index in [0.29, 0.717) is 17.9 Å². The fourth-order valence-corrected chi connectivity index (χ4v) is 2.00. The number of hydrogen-bond acceptors (Lipinski definition) is 2. The molecule has 0 saturated carbocycles. The second-order valence-corrected chi connectivity index (χ2v) is 5.18. The van der Waals surface area contributed by atoms with Crippen LogP contribution in [0.1, 0.15) is 32.3 Å². The second-order valence-electron chi connectivity index (χ2n) is 4.74. The van der Waals surface area contributed by atoms with Gasteiger partial charge in [0.1, 0.15) is 0 Å². The smallest absolute Gasteiger partial charge is 0.224 e. The summed E-state index contributed by atoms with van der Waals surface area (Å²) in [5.74, 6) is -0.0462. The van der Waals surface area contributed by atoms with Gasteiger partial charge in [0, 0.05) is 17.2 Å². The van der Waals surface area contributed by atoms with Crippen LogP contribution >= 0.6 is 11.6 Å². The van der Waals surface area contributed by atoms with Crippen LogP contribution in [0.15, 0.2) is 24.3 Å². The third-order valence-electron chi connectivity index (χ3n) is 3.14. The molecular formula is C14H20ClNO2. The van der Waals surface area contributed by atoms with Crippen LogP contribution in [0.4, 0.5) is 0 Å². The monoisotopic (exact) mass is 269 g/mol. The SMILES string of the molecule is CCC(C)(CCO)NC(=O)Cc1cccc(Cl)c1. The molecule has 100 valence electrons. The van der Waals surface area contributed by atoms with Gasteiger partial charge in [-0.2, -0.15) is 0 Å². The van der Waals surface area contributed by atoms with Gasteiger partial charge in [-0.15, -0.1) is 0 Å². The quantitative estimate of drug-likeness (QED) is 0.834. The molecule has 1 aromatic carbocycles. The van der Waals surface area contributed by atoms with E-state index in [1.165, 1.54) is 0 Å². The van der Waals surface area contributed by atoms with Crippen molar-refractivity contribution in [3.05, 3.63) is 34.9 Å². The molecule has 3 nitrogen and oxygen atoms in total. The van der Waals surface area contributed by atoms with Gasteiger partial charge in [-0.1, -0.05) is 30.7 Å². The highest BCUT2D eigenvalue weighted by Crippen LogP contribution is 2.15. The molecule has 0 aliphatic heterocycles. The zero-order valence-corrected chi connectivity index (χ0v) is 11.6. The zero-order chi connectivity index (χ0) is 13.6. The molecule has 0 bridgehead atoms. The van der Waals surface area contributed by atoms with Gasteiger partial charge >= 0.3 is 0 Å². The highest BCUT2D eigenvalue weighted by molar-refractivity contribution is 6.30. The third kappa shape index (κ3) is 4.67. The van der Waals surface area contributed by atoms with Gasteiger partial charge in [-0.3, -0.25) is 4.79 Å². The summed E-state index contributed by atoms with van der Waals surface area (Å²) in [6.45, 7) is 4.01. The van der Waals surface area contributed by atoms with Crippen LogP contribution in [0.5, 0.6) is 0 Å². The minimum absolute atomic E-state index is 0.0462. The lowest BCUT2D eigenvalue weighted by atomic mass is 9.94.